The SMILES string of the molecule is CC.CC(OC(=O)ON1C(=O)CCC1=O)c1ccccc1[N+](=O)[O-]. The molecule has 1 aliphatic rings. The zero-order valence-corrected chi connectivity index (χ0v) is 13.6. The number of para-hydroxylation sites is 1. The van der Waals surface area contributed by atoms with Gasteiger partial charge in [0.05, 0.1) is 10.5 Å². The fourth-order valence-corrected chi connectivity index (χ4v) is 1.96. The second kappa shape index (κ2) is 8.61. The van der Waals surface area contributed by atoms with Crippen LogP contribution in [0.5, 0.6) is 0 Å². The molecule has 0 spiro atoms. The number of amides is 2. The van der Waals surface area contributed by atoms with E-state index in [1.807, 2.05) is 13.8 Å². The van der Waals surface area contributed by atoms with Crippen LogP contribution in [0.4, 0.5) is 10.5 Å². The molecular weight excluding hydrogens is 320 g/mol. The number of nitro benzene ring substituents is 1. The molecule has 0 saturated carbocycles. The van der Waals surface area contributed by atoms with Crippen molar-refractivity contribution in [3.05, 3.63) is 39.9 Å². The maximum atomic E-state index is 11.6. The van der Waals surface area contributed by atoms with Crippen LogP contribution in [0.2, 0.25) is 0 Å². The van der Waals surface area contributed by atoms with Crippen LogP contribution in [0.15, 0.2) is 24.3 Å². The van der Waals surface area contributed by atoms with Crippen molar-refractivity contribution in [3.8, 4) is 0 Å². The first-order chi connectivity index (χ1) is 11.4. The van der Waals surface area contributed by atoms with Crippen LogP contribution in [0.1, 0.15) is 45.3 Å². The average Bonchev–Trinajstić information content (AvgIpc) is 2.88. The Morgan fingerprint density at radius 1 is 1.21 bits per heavy atom. The zero-order chi connectivity index (χ0) is 18.3. The van der Waals surface area contributed by atoms with Crippen molar-refractivity contribution in [3.63, 3.8) is 0 Å². The van der Waals surface area contributed by atoms with Crippen molar-refractivity contribution >= 4 is 23.7 Å². The summed E-state index contributed by atoms with van der Waals surface area (Å²) in [6, 6.07) is 5.74. The Morgan fingerprint density at radius 3 is 2.29 bits per heavy atom. The average molecular weight is 338 g/mol. The molecule has 1 aromatic rings. The van der Waals surface area contributed by atoms with Gasteiger partial charge in [0, 0.05) is 18.9 Å². The smallest absolute Gasteiger partial charge is 0.425 e. The second-order valence-corrected chi connectivity index (χ2v) is 4.50. The molecule has 2 rings (SSSR count). The second-order valence-electron chi connectivity index (χ2n) is 4.50. The van der Waals surface area contributed by atoms with Crippen molar-refractivity contribution in [2.75, 3.05) is 0 Å². The van der Waals surface area contributed by atoms with E-state index in [0.29, 0.717) is 5.06 Å². The Balaban J connectivity index is 0.00000139. The first-order valence-corrected chi connectivity index (χ1v) is 7.38. The number of benzene rings is 1. The lowest BCUT2D eigenvalue weighted by atomic mass is 10.1. The number of rotatable bonds is 4. The molecule has 1 heterocycles. The van der Waals surface area contributed by atoms with Gasteiger partial charge in [-0.1, -0.05) is 31.0 Å². The molecule has 24 heavy (non-hydrogen) atoms. The molecular formula is C15H18N2O7. The van der Waals surface area contributed by atoms with Gasteiger partial charge in [0.2, 0.25) is 0 Å². The van der Waals surface area contributed by atoms with Crippen LogP contribution in [-0.4, -0.2) is 28.0 Å². The summed E-state index contributed by atoms with van der Waals surface area (Å²) < 4.78 is 4.87. The highest BCUT2D eigenvalue weighted by Crippen LogP contribution is 2.27. The van der Waals surface area contributed by atoms with Crippen LogP contribution in [0.3, 0.4) is 0 Å². The van der Waals surface area contributed by atoms with Crippen LogP contribution < -0.4 is 0 Å². The van der Waals surface area contributed by atoms with E-state index in [0.717, 1.165) is 0 Å². The van der Waals surface area contributed by atoms with Gasteiger partial charge >= 0.3 is 6.16 Å². The van der Waals surface area contributed by atoms with E-state index >= 15 is 0 Å². The molecule has 1 fully saturated rings. The molecule has 1 unspecified atom stereocenters. The number of nitrogens with zero attached hydrogens (tertiary/aromatic N) is 2. The van der Waals surface area contributed by atoms with E-state index in [2.05, 4.69) is 4.84 Å². The van der Waals surface area contributed by atoms with Crippen molar-refractivity contribution in [1.82, 2.24) is 5.06 Å². The van der Waals surface area contributed by atoms with Gasteiger partial charge in [-0.2, -0.15) is 0 Å². The van der Waals surface area contributed by atoms with E-state index in [1.165, 1.54) is 25.1 Å². The van der Waals surface area contributed by atoms with Gasteiger partial charge in [-0.05, 0) is 13.0 Å². The molecule has 1 aromatic carbocycles. The predicted molar refractivity (Wildman–Crippen MR) is 81.5 cm³/mol. The van der Waals surface area contributed by atoms with Gasteiger partial charge in [-0.3, -0.25) is 24.5 Å². The van der Waals surface area contributed by atoms with E-state index in [9.17, 15) is 24.5 Å². The minimum absolute atomic E-state index is 0.0359. The summed E-state index contributed by atoms with van der Waals surface area (Å²) in [5.41, 5.74) is -0.0420. The Labute approximate surface area is 138 Å². The minimum atomic E-state index is -1.28. The van der Waals surface area contributed by atoms with Gasteiger partial charge in [0.25, 0.3) is 17.5 Å². The molecule has 9 heteroatoms. The Bertz CT molecular complexity index is 628. The van der Waals surface area contributed by atoms with E-state index < -0.39 is 29.0 Å². The summed E-state index contributed by atoms with van der Waals surface area (Å²) in [5.74, 6) is -1.28. The third-order valence-electron chi connectivity index (χ3n) is 3.02. The molecule has 9 nitrogen and oxygen atoms in total. The van der Waals surface area contributed by atoms with Crippen molar-refractivity contribution in [2.24, 2.45) is 0 Å². The lowest BCUT2D eigenvalue weighted by molar-refractivity contribution is -0.386. The molecule has 0 radical (unpaired) electrons. The van der Waals surface area contributed by atoms with Crippen LogP contribution in [0.25, 0.3) is 0 Å². The predicted octanol–water partition coefficient (Wildman–Crippen LogP) is 2.90. The monoisotopic (exact) mass is 338 g/mol. The van der Waals surface area contributed by atoms with E-state index in [4.69, 9.17) is 4.74 Å². The first kappa shape index (κ1) is 19.1. The van der Waals surface area contributed by atoms with Crippen molar-refractivity contribution in [2.45, 2.75) is 39.7 Å². The number of carbonyl (C=O) groups is 3. The van der Waals surface area contributed by atoms with Crippen LogP contribution in [0, 0.1) is 10.1 Å². The summed E-state index contributed by atoms with van der Waals surface area (Å²) >= 11 is 0. The van der Waals surface area contributed by atoms with Gasteiger partial charge in [0.15, 0.2) is 0 Å². The molecule has 0 aliphatic carbocycles. The number of hydrogen-bond acceptors (Lipinski definition) is 7. The lowest BCUT2D eigenvalue weighted by Gasteiger charge is -2.16. The highest BCUT2D eigenvalue weighted by molar-refractivity contribution is 6.01. The Hall–Kier alpha value is -2.97. The first-order valence-electron chi connectivity index (χ1n) is 7.38. The molecule has 0 bridgehead atoms. The number of hydrogen-bond donors (Lipinski definition) is 0. The summed E-state index contributed by atoms with van der Waals surface area (Å²) in [7, 11) is 0. The largest absolute Gasteiger partial charge is 0.534 e. The number of hydroxylamine groups is 2. The third-order valence-corrected chi connectivity index (χ3v) is 3.02. The number of carbonyl (C=O) groups excluding carboxylic acids is 3. The summed E-state index contributed by atoms with van der Waals surface area (Å²) in [5, 5.41) is 11.3. The van der Waals surface area contributed by atoms with Gasteiger partial charge < -0.3 is 4.74 Å². The standard InChI is InChI=1S/C13H12N2O7.C2H6/c1-8(9-4-2-3-5-10(9)15(19)20)21-13(18)22-14-11(16)6-7-12(14)17;1-2/h2-5,8H,6-7H2,1H3;1-2H3. The Kier molecular flexibility index (Phi) is 6.84. The van der Waals surface area contributed by atoms with Gasteiger partial charge in [-0.15, -0.1) is 0 Å². The highest BCUT2D eigenvalue weighted by Gasteiger charge is 2.34. The fraction of sp³-hybridized carbons (Fsp3) is 0.400. The molecule has 0 aromatic heterocycles. The lowest BCUT2D eigenvalue weighted by Crippen LogP contribution is -2.32. The summed E-state index contributed by atoms with van der Waals surface area (Å²) in [6.07, 6.45) is -2.34. The quantitative estimate of drug-likeness (QED) is 0.358. The fourth-order valence-electron chi connectivity index (χ4n) is 1.96. The van der Waals surface area contributed by atoms with E-state index in [1.54, 1.807) is 6.07 Å². The van der Waals surface area contributed by atoms with Crippen molar-refractivity contribution < 1.29 is 28.9 Å². The van der Waals surface area contributed by atoms with Crippen molar-refractivity contribution in [1.29, 1.82) is 0 Å². The van der Waals surface area contributed by atoms with Crippen LogP contribution >= 0.6 is 0 Å². The zero-order valence-electron chi connectivity index (χ0n) is 13.6. The maximum Gasteiger partial charge on any atom is 0.534 e. The molecule has 130 valence electrons. The van der Waals surface area contributed by atoms with E-state index in [-0.39, 0.29) is 24.1 Å². The molecule has 1 saturated heterocycles. The third kappa shape index (κ3) is 4.51. The number of ether oxygens (including phenoxy) is 1. The molecule has 1 aliphatic heterocycles. The van der Waals surface area contributed by atoms with Gasteiger partial charge in [-0.25, -0.2) is 4.79 Å². The van der Waals surface area contributed by atoms with Crippen LogP contribution in [-0.2, 0) is 19.2 Å². The summed E-state index contributed by atoms with van der Waals surface area (Å²) in [6.45, 7) is 5.41. The number of nitro groups is 1. The topological polar surface area (TPSA) is 116 Å². The molecule has 1 atom stereocenters. The Morgan fingerprint density at radius 2 is 1.75 bits per heavy atom. The minimum Gasteiger partial charge on any atom is -0.425 e. The molecule has 0 N–H and O–H groups in total. The maximum absolute atomic E-state index is 11.6. The molecule has 2 amide bonds. The normalized spacial score (nSPS) is 14.5. The number of imide groups is 1. The summed E-state index contributed by atoms with van der Waals surface area (Å²) in [4.78, 5) is 49.0. The van der Waals surface area contributed by atoms with Gasteiger partial charge in [0.1, 0.15) is 6.10 Å². The highest BCUT2D eigenvalue weighted by atomic mass is 16.8.